The Morgan fingerprint density at radius 3 is 2.48 bits per heavy atom. The van der Waals surface area contributed by atoms with Crippen LogP contribution in [0, 0.1) is 6.92 Å². The van der Waals surface area contributed by atoms with Gasteiger partial charge in [0.05, 0.1) is 19.9 Å². The predicted octanol–water partition coefficient (Wildman–Crippen LogP) is 4.86. The number of rotatable bonds is 4. The molecule has 1 aromatic carbocycles. The van der Waals surface area contributed by atoms with E-state index in [1.165, 1.54) is 10.4 Å². The van der Waals surface area contributed by atoms with Gasteiger partial charge in [0, 0.05) is 21.4 Å². The molecule has 0 aliphatic carbocycles. The van der Waals surface area contributed by atoms with Crippen molar-refractivity contribution in [2.24, 2.45) is 0 Å². The average molecular weight is 317 g/mol. The second-order valence-electron chi connectivity index (χ2n) is 4.51. The van der Waals surface area contributed by atoms with Crippen molar-refractivity contribution in [2.45, 2.75) is 6.92 Å². The number of hydrogen-bond acceptors (Lipinski definition) is 5. The summed E-state index contributed by atoms with van der Waals surface area (Å²) >= 11 is 3.40. The van der Waals surface area contributed by atoms with E-state index in [-0.39, 0.29) is 0 Å². The highest BCUT2D eigenvalue weighted by Gasteiger charge is 2.14. The van der Waals surface area contributed by atoms with Crippen molar-refractivity contribution < 1.29 is 9.47 Å². The Hall–Kier alpha value is -1.85. The molecule has 0 N–H and O–H groups in total. The number of thiazole rings is 1. The first kappa shape index (κ1) is 14.1. The SMILES string of the molecule is COc1ccc(-c2nc(-c3ccsc3)sc2C)cc1OC. The largest absolute Gasteiger partial charge is 0.493 e. The van der Waals surface area contributed by atoms with E-state index in [0.717, 1.165) is 27.8 Å². The fourth-order valence-electron chi connectivity index (χ4n) is 2.16. The molecule has 3 aromatic rings. The molecule has 21 heavy (non-hydrogen) atoms. The first-order valence-corrected chi connectivity index (χ1v) is 8.21. The Balaban J connectivity index is 2.05. The number of methoxy groups -OCH3 is 2. The molecule has 0 aliphatic rings. The maximum absolute atomic E-state index is 5.37. The Morgan fingerprint density at radius 2 is 1.81 bits per heavy atom. The first-order valence-electron chi connectivity index (χ1n) is 6.45. The van der Waals surface area contributed by atoms with E-state index >= 15 is 0 Å². The number of aryl methyl sites for hydroxylation is 1. The molecule has 0 radical (unpaired) electrons. The molecule has 2 aromatic heterocycles. The Labute approximate surface area is 131 Å². The normalized spacial score (nSPS) is 10.6. The van der Waals surface area contributed by atoms with E-state index in [1.807, 2.05) is 18.2 Å². The van der Waals surface area contributed by atoms with Crippen molar-refractivity contribution in [3.8, 4) is 33.3 Å². The van der Waals surface area contributed by atoms with E-state index in [1.54, 1.807) is 36.9 Å². The molecule has 0 atom stereocenters. The van der Waals surface area contributed by atoms with Crippen LogP contribution in [0.15, 0.2) is 35.0 Å². The smallest absolute Gasteiger partial charge is 0.161 e. The zero-order valence-corrected chi connectivity index (χ0v) is 13.7. The van der Waals surface area contributed by atoms with E-state index in [0.29, 0.717) is 0 Å². The third-order valence-corrected chi connectivity index (χ3v) is 4.92. The lowest BCUT2D eigenvalue weighted by molar-refractivity contribution is 0.355. The topological polar surface area (TPSA) is 31.4 Å². The van der Waals surface area contributed by atoms with Crippen molar-refractivity contribution in [2.75, 3.05) is 14.2 Å². The minimum Gasteiger partial charge on any atom is -0.493 e. The summed E-state index contributed by atoms with van der Waals surface area (Å²) < 4.78 is 10.6. The summed E-state index contributed by atoms with van der Waals surface area (Å²) in [4.78, 5) is 5.98. The predicted molar refractivity (Wildman–Crippen MR) is 88.7 cm³/mol. The van der Waals surface area contributed by atoms with Crippen molar-refractivity contribution in [3.63, 3.8) is 0 Å². The number of thiophene rings is 1. The lowest BCUT2D eigenvalue weighted by atomic mass is 10.1. The van der Waals surface area contributed by atoms with Gasteiger partial charge in [-0.15, -0.1) is 11.3 Å². The van der Waals surface area contributed by atoms with Crippen molar-refractivity contribution in [3.05, 3.63) is 39.9 Å². The molecule has 108 valence electrons. The molecular weight excluding hydrogens is 302 g/mol. The highest BCUT2D eigenvalue weighted by molar-refractivity contribution is 7.16. The lowest BCUT2D eigenvalue weighted by Gasteiger charge is -2.08. The quantitative estimate of drug-likeness (QED) is 0.688. The van der Waals surface area contributed by atoms with Gasteiger partial charge >= 0.3 is 0 Å². The Bertz CT molecular complexity index is 748. The van der Waals surface area contributed by atoms with Gasteiger partial charge in [0.1, 0.15) is 5.01 Å². The van der Waals surface area contributed by atoms with Crippen LogP contribution in [0.3, 0.4) is 0 Å². The molecular formula is C16H15NO2S2. The van der Waals surface area contributed by atoms with Crippen LogP contribution in [0.5, 0.6) is 11.5 Å². The van der Waals surface area contributed by atoms with Crippen molar-refractivity contribution >= 4 is 22.7 Å². The molecule has 0 aliphatic heterocycles. The van der Waals surface area contributed by atoms with Gasteiger partial charge in [0.15, 0.2) is 11.5 Å². The lowest BCUT2D eigenvalue weighted by Crippen LogP contribution is -1.91. The van der Waals surface area contributed by atoms with E-state index in [2.05, 4.69) is 23.8 Å². The third kappa shape index (κ3) is 2.66. The van der Waals surface area contributed by atoms with Gasteiger partial charge in [-0.3, -0.25) is 0 Å². The summed E-state index contributed by atoms with van der Waals surface area (Å²) in [6.07, 6.45) is 0. The van der Waals surface area contributed by atoms with Gasteiger partial charge in [0.2, 0.25) is 0 Å². The summed E-state index contributed by atoms with van der Waals surface area (Å²) in [5.41, 5.74) is 3.23. The Morgan fingerprint density at radius 1 is 1.00 bits per heavy atom. The average Bonchev–Trinajstić information content (AvgIpc) is 3.15. The molecule has 0 saturated heterocycles. The minimum absolute atomic E-state index is 0.722. The number of ether oxygens (including phenoxy) is 2. The second-order valence-corrected chi connectivity index (χ2v) is 6.49. The number of nitrogens with zero attached hydrogens (tertiary/aromatic N) is 1. The van der Waals surface area contributed by atoms with Crippen LogP contribution >= 0.6 is 22.7 Å². The van der Waals surface area contributed by atoms with Gasteiger partial charge < -0.3 is 9.47 Å². The van der Waals surface area contributed by atoms with Crippen LogP contribution in [0.25, 0.3) is 21.8 Å². The van der Waals surface area contributed by atoms with Gasteiger partial charge in [-0.1, -0.05) is 0 Å². The van der Waals surface area contributed by atoms with Crippen LogP contribution < -0.4 is 9.47 Å². The van der Waals surface area contributed by atoms with Crippen LogP contribution in [0.1, 0.15) is 4.88 Å². The summed E-state index contributed by atoms with van der Waals surface area (Å²) in [7, 11) is 3.28. The molecule has 0 bridgehead atoms. The molecule has 2 heterocycles. The van der Waals surface area contributed by atoms with Crippen LogP contribution in [0.2, 0.25) is 0 Å². The van der Waals surface area contributed by atoms with Crippen LogP contribution in [0.4, 0.5) is 0 Å². The third-order valence-electron chi connectivity index (χ3n) is 3.22. The summed E-state index contributed by atoms with van der Waals surface area (Å²) in [6.45, 7) is 2.10. The molecule has 0 unspecified atom stereocenters. The minimum atomic E-state index is 0.722. The van der Waals surface area contributed by atoms with Crippen molar-refractivity contribution in [1.82, 2.24) is 4.98 Å². The molecule has 3 nitrogen and oxygen atoms in total. The molecule has 3 rings (SSSR count). The maximum Gasteiger partial charge on any atom is 0.161 e. The zero-order chi connectivity index (χ0) is 14.8. The van der Waals surface area contributed by atoms with Gasteiger partial charge in [0.25, 0.3) is 0 Å². The fourth-order valence-corrected chi connectivity index (χ4v) is 3.80. The molecule has 5 heteroatoms. The summed E-state index contributed by atoms with van der Waals surface area (Å²) in [5, 5.41) is 5.25. The first-order chi connectivity index (χ1) is 10.2. The van der Waals surface area contributed by atoms with E-state index in [4.69, 9.17) is 14.5 Å². The monoisotopic (exact) mass is 317 g/mol. The van der Waals surface area contributed by atoms with Gasteiger partial charge in [-0.25, -0.2) is 4.98 Å². The molecule has 0 fully saturated rings. The summed E-state index contributed by atoms with van der Waals surface area (Å²) in [5.74, 6) is 1.45. The molecule has 0 spiro atoms. The van der Waals surface area contributed by atoms with Gasteiger partial charge in [-0.05, 0) is 36.6 Å². The van der Waals surface area contributed by atoms with Crippen molar-refractivity contribution in [1.29, 1.82) is 0 Å². The summed E-state index contributed by atoms with van der Waals surface area (Å²) in [6, 6.07) is 8.00. The number of aromatic nitrogens is 1. The highest BCUT2D eigenvalue weighted by Crippen LogP contribution is 2.37. The van der Waals surface area contributed by atoms with Crippen LogP contribution in [-0.2, 0) is 0 Å². The standard InChI is InChI=1S/C16H15NO2S2/c1-10-15(17-16(21-10)12-6-7-20-9-12)11-4-5-13(18-2)14(8-11)19-3/h4-9H,1-3H3. The molecule has 0 amide bonds. The zero-order valence-electron chi connectivity index (χ0n) is 12.0. The highest BCUT2D eigenvalue weighted by atomic mass is 32.1. The van der Waals surface area contributed by atoms with Crippen LogP contribution in [-0.4, -0.2) is 19.2 Å². The van der Waals surface area contributed by atoms with E-state index < -0.39 is 0 Å². The van der Waals surface area contributed by atoms with E-state index in [9.17, 15) is 0 Å². The fraction of sp³-hybridized carbons (Fsp3) is 0.188. The second kappa shape index (κ2) is 5.87. The Kier molecular flexibility index (Phi) is 3.94. The maximum atomic E-state index is 5.37. The number of hydrogen-bond donors (Lipinski definition) is 0. The molecule has 0 saturated carbocycles. The number of benzene rings is 1. The van der Waals surface area contributed by atoms with Gasteiger partial charge in [-0.2, -0.15) is 11.3 Å².